The van der Waals surface area contributed by atoms with Crippen LogP contribution >= 0.6 is 0 Å². The van der Waals surface area contributed by atoms with Gasteiger partial charge in [-0.15, -0.1) is 12.3 Å². The minimum Gasteiger partial charge on any atom is -0.432 e. The lowest BCUT2D eigenvalue weighted by molar-refractivity contribution is 0.487. The zero-order valence-corrected chi connectivity index (χ0v) is 15.2. The van der Waals surface area contributed by atoms with Crippen LogP contribution in [0.15, 0.2) is 0 Å². The smallest absolute Gasteiger partial charge is 0.187 e. The lowest BCUT2D eigenvalue weighted by Gasteiger charge is -2.30. The van der Waals surface area contributed by atoms with Crippen molar-refractivity contribution >= 4 is 8.32 Å². The Morgan fingerprint density at radius 1 is 0.947 bits per heavy atom. The fourth-order valence-electron chi connectivity index (χ4n) is 1.18. The summed E-state index contributed by atoms with van der Waals surface area (Å²) in [6, 6.07) is 0. The van der Waals surface area contributed by atoms with E-state index in [1.807, 2.05) is 13.1 Å². The summed E-state index contributed by atoms with van der Waals surface area (Å²) in [7, 11) is -1.86. The van der Waals surface area contributed by atoms with Crippen molar-refractivity contribution in [2.24, 2.45) is 0 Å². The molecule has 0 aromatic rings. The van der Waals surface area contributed by atoms with E-state index >= 15 is 0 Å². The largest absolute Gasteiger partial charge is 0.432 e. The molecule has 0 saturated carbocycles. The fraction of sp³-hybridized carbons (Fsp3) is 0.882. The molecule has 0 aromatic carbocycles. The van der Waals surface area contributed by atoms with Gasteiger partial charge in [0.1, 0.15) is 0 Å². The third-order valence-electron chi connectivity index (χ3n) is 3.76. The molecule has 0 aliphatic heterocycles. The summed E-state index contributed by atoms with van der Waals surface area (Å²) < 4.78 is 0. The van der Waals surface area contributed by atoms with Gasteiger partial charge in [0.05, 0.1) is 0 Å². The van der Waals surface area contributed by atoms with Crippen molar-refractivity contribution in [2.75, 3.05) is 0 Å². The number of unbranched alkanes of at least 4 members (excludes halogenated alkanes) is 7. The third-order valence-corrected chi connectivity index (χ3v) is 7.43. The van der Waals surface area contributed by atoms with Gasteiger partial charge in [-0.3, -0.25) is 0 Å². The highest BCUT2D eigenvalue weighted by Gasteiger charge is 2.32. The molecule has 114 valence electrons. The van der Waals surface area contributed by atoms with E-state index in [-0.39, 0.29) is 5.04 Å². The summed E-state index contributed by atoms with van der Waals surface area (Å²) >= 11 is 0. The number of rotatable bonds is 7. The van der Waals surface area contributed by atoms with Crippen LogP contribution in [0.4, 0.5) is 0 Å². The fourth-order valence-corrected chi connectivity index (χ4v) is 1.18. The Kier molecular flexibility index (Phi) is 12.8. The lowest BCUT2D eigenvalue weighted by Crippen LogP contribution is -2.36. The first-order valence-corrected chi connectivity index (χ1v) is 10.8. The first-order valence-electron chi connectivity index (χ1n) is 7.82. The second-order valence-corrected chi connectivity index (χ2v) is 11.5. The molecule has 0 amide bonds. The van der Waals surface area contributed by atoms with E-state index in [0.717, 1.165) is 6.42 Å². The van der Waals surface area contributed by atoms with Crippen molar-refractivity contribution in [3.05, 3.63) is 0 Å². The van der Waals surface area contributed by atoms with Crippen molar-refractivity contribution in [1.29, 1.82) is 0 Å². The van der Waals surface area contributed by atoms with Gasteiger partial charge in [0, 0.05) is 6.42 Å². The molecule has 0 radical (unpaired) electrons. The third kappa shape index (κ3) is 15.7. The molecule has 0 rings (SSSR count). The number of terminal acetylenes is 1. The van der Waals surface area contributed by atoms with Crippen LogP contribution in [0.2, 0.25) is 18.1 Å². The Morgan fingerprint density at radius 3 is 1.63 bits per heavy atom. The maximum Gasteiger partial charge on any atom is 0.187 e. The van der Waals surface area contributed by atoms with Crippen LogP contribution in [0, 0.1) is 12.3 Å². The van der Waals surface area contributed by atoms with Crippen molar-refractivity contribution < 1.29 is 4.80 Å². The van der Waals surface area contributed by atoms with Crippen LogP contribution in [0.25, 0.3) is 0 Å². The molecule has 0 heterocycles. The molecule has 1 N–H and O–H groups in total. The predicted octanol–water partition coefficient (Wildman–Crippen LogP) is 5.74. The molecule has 1 nitrogen and oxygen atoms in total. The minimum atomic E-state index is -1.86. The Morgan fingerprint density at radius 2 is 1.32 bits per heavy atom. The van der Waals surface area contributed by atoms with Crippen LogP contribution < -0.4 is 0 Å². The van der Waals surface area contributed by atoms with Gasteiger partial charge in [-0.05, 0) is 24.6 Å². The monoisotopic (exact) mass is 284 g/mol. The van der Waals surface area contributed by atoms with Crippen LogP contribution in [-0.4, -0.2) is 13.1 Å². The van der Waals surface area contributed by atoms with Gasteiger partial charge in [0.15, 0.2) is 8.32 Å². The molecule has 19 heavy (non-hydrogen) atoms. The maximum atomic E-state index is 9.49. The summed E-state index contributed by atoms with van der Waals surface area (Å²) in [6.45, 7) is 12.4. The van der Waals surface area contributed by atoms with Crippen LogP contribution in [0.1, 0.15) is 79.1 Å². The van der Waals surface area contributed by atoms with E-state index in [1.165, 1.54) is 44.9 Å². The summed E-state index contributed by atoms with van der Waals surface area (Å²) in [5.41, 5.74) is 0. The Bertz CT molecular complexity index is 215. The predicted molar refractivity (Wildman–Crippen MR) is 90.9 cm³/mol. The molecule has 0 aliphatic rings. The van der Waals surface area contributed by atoms with Gasteiger partial charge in [0.25, 0.3) is 0 Å². The summed E-state index contributed by atoms with van der Waals surface area (Å²) in [5, 5.41) is 0.132. The lowest BCUT2D eigenvalue weighted by atomic mass is 10.1. The summed E-state index contributed by atoms with van der Waals surface area (Å²) in [4.78, 5) is 9.49. The van der Waals surface area contributed by atoms with Gasteiger partial charge in [0.2, 0.25) is 0 Å². The SMILES string of the molecule is C#CCCCCCCCCC.CC(C)(C)[Si](C)(C)O. The molecule has 2 heteroatoms. The van der Waals surface area contributed by atoms with Gasteiger partial charge >= 0.3 is 0 Å². The number of hydrogen-bond donors (Lipinski definition) is 1. The zero-order valence-electron chi connectivity index (χ0n) is 14.2. The molecule has 0 saturated heterocycles. The highest BCUT2D eigenvalue weighted by atomic mass is 28.4. The van der Waals surface area contributed by atoms with Gasteiger partial charge in [-0.2, -0.15) is 0 Å². The highest BCUT2D eigenvalue weighted by molar-refractivity contribution is 6.72. The van der Waals surface area contributed by atoms with Gasteiger partial charge in [-0.25, -0.2) is 0 Å². The molecular weight excluding hydrogens is 248 g/mol. The Hall–Kier alpha value is -0.263. The molecule has 0 aliphatic carbocycles. The second kappa shape index (κ2) is 11.6. The number of hydrogen-bond acceptors (Lipinski definition) is 1. The average molecular weight is 285 g/mol. The van der Waals surface area contributed by atoms with E-state index in [9.17, 15) is 4.80 Å². The normalized spacial score (nSPS) is 11.5. The van der Waals surface area contributed by atoms with Crippen molar-refractivity contribution in [2.45, 2.75) is 97.2 Å². The first-order chi connectivity index (χ1) is 8.66. The molecule has 0 spiro atoms. The Balaban J connectivity index is 0. The van der Waals surface area contributed by atoms with Crippen molar-refractivity contribution in [1.82, 2.24) is 0 Å². The van der Waals surface area contributed by atoms with E-state index in [0.29, 0.717) is 0 Å². The van der Waals surface area contributed by atoms with Crippen molar-refractivity contribution in [3.63, 3.8) is 0 Å². The molecule has 0 fully saturated rings. The molecule has 0 atom stereocenters. The standard InChI is InChI=1S/C11H20.C6H16OSi/c1-3-5-7-9-11-10-8-6-4-2;1-6(2,3)8(4,5)7/h1H,4-11H2,2H3;7H,1-5H3. The quantitative estimate of drug-likeness (QED) is 0.359. The molecule has 0 bridgehead atoms. The Labute approximate surface area is 123 Å². The second-order valence-electron chi connectivity index (χ2n) is 6.88. The maximum absolute atomic E-state index is 9.49. The van der Waals surface area contributed by atoms with Crippen LogP contribution in [0.5, 0.6) is 0 Å². The molecular formula is C17H36OSi. The minimum absolute atomic E-state index is 0.132. The van der Waals surface area contributed by atoms with E-state index in [2.05, 4.69) is 33.6 Å². The average Bonchev–Trinajstić information content (AvgIpc) is 2.26. The van der Waals surface area contributed by atoms with E-state index in [1.54, 1.807) is 0 Å². The summed E-state index contributed by atoms with van der Waals surface area (Å²) in [5.74, 6) is 2.67. The van der Waals surface area contributed by atoms with Crippen LogP contribution in [-0.2, 0) is 0 Å². The highest BCUT2D eigenvalue weighted by Crippen LogP contribution is 2.33. The summed E-state index contributed by atoms with van der Waals surface area (Å²) in [6.07, 6.45) is 15.6. The zero-order chi connectivity index (χ0) is 15.4. The van der Waals surface area contributed by atoms with Crippen molar-refractivity contribution in [3.8, 4) is 12.3 Å². The molecule has 0 aromatic heterocycles. The van der Waals surface area contributed by atoms with Gasteiger partial charge in [-0.1, -0.05) is 66.2 Å². The molecule has 0 unspecified atom stereocenters. The van der Waals surface area contributed by atoms with E-state index in [4.69, 9.17) is 6.42 Å². The topological polar surface area (TPSA) is 20.2 Å². The van der Waals surface area contributed by atoms with E-state index < -0.39 is 8.32 Å². The first kappa shape index (κ1) is 21.0. The van der Waals surface area contributed by atoms with Crippen LogP contribution in [0.3, 0.4) is 0 Å². The van der Waals surface area contributed by atoms with Gasteiger partial charge < -0.3 is 4.80 Å².